The highest BCUT2D eigenvalue weighted by molar-refractivity contribution is 9.10. The highest BCUT2D eigenvalue weighted by Crippen LogP contribution is 2.32. The second-order valence-electron chi connectivity index (χ2n) is 6.39. The van der Waals surface area contributed by atoms with Crippen LogP contribution < -0.4 is 10.6 Å². The van der Waals surface area contributed by atoms with Gasteiger partial charge in [0.05, 0.1) is 0 Å². The van der Waals surface area contributed by atoms with Crippen LogP contribution >= 0.6 is 15.9 Å². The van der Waals surface area contributed by atoms with Crippen molar-refractivity contribution < 1.29 is 0 Å². The molecule has 0 spiro atoms. The zero-order valence-corrected chi connectivity index (χ0v) is 14.6. The lowest BCUT2D eigenvalue weighted by Gasteiger charge is -2.33. The van der Waals surface area contributed by atoms with E-state index in [-0.39, 0.29) is 5.84 Å². The Bertz CT molecular complexity index is 493. The van der Waals surface area contributed by atoms with Gasteiger partial charge in [0.25, 0.3) is 0 Å². The van der Waals surface area contributed by atoms with Crippen molar-refractivity contribution in [3.05, 3.63) is 28.2 Å². The third-order valence-electron chi connectivity index (χ3n) is 4.27. The summed E-state index contributed by atoms with van der Waals surface area (Å²) >= 11 is 3.49. The molecule has 0 heterocycles. The normalized spacial score (nSPS) is 15.6. The Morgan fingerprint density at radius 2 is 2.05 bits per heavy atom. The SMILES string of the molecule is CC(C)CCN(c1ccc(Br)cc1C(=N)N)C1CCCC1. The molecule has 3 nitrogen and oxygen atoms in total. The van der Waals surface area contributed by atoms with Crippen LogP contribution in [0.1, 0.15) is 51.5 Å². The van der Waals surface area contributed by atoms with Gasteiger partial charge in [-0.25, -0.2) is 0 Å². The first-order chi connectivity index (χ1) is 9.99. The lowest BCUT2D eigenvalue weighted by atomic mass is 10.0. The molecule has 0 radical (unpaired) electrons. The molecule has 1 aromatic rings. The van der Waals surface area contributed by atoms with Gasteiger partial charge in [-0.2, -0.15) is 0 Å². The van der Waals surface area contributed by atoms with Gasteiger partial charge in [-0.1, -0.05) is 42.6 Å². The summed E-state index contributed by atoms with van der Waals surface area (Å²) in [5.41, 5.74) is 7.78. The number of amidine groups is 1. The van der Waals surface area contributed by atoms with E-state index < -0.39 is 0 Å². The zero-order valence-electron chi connectivity index (χ0n) is 13.0. The molecule has 0 bridgehead atoms. The molecule has 1 saturated carbocycles. The Kier molecular flexibility index (Phi) is 5.68. The standard InChI is InChI=1S/C17H26BrN3/c1-12(2)9-10-21(14-5-3-4-6-14)16-8-7-13(18)11-15(16)17(19)20/h7-8,11-12,14H,3-6,9-10H2,1-2H3,(H3,19,20). The summed E-state index contributed by atoms with van der Waals surface area (Å²) in [4.78, 5) is 2.50. The van der Waals surface area contributed by atoms with Crippen molar-refractivity contribution in [1.29, 1.82) is 5.41 Å². The lowest BCUT2D eigenvalue weighted by Crippen LogP contribution is -2.36. The van der Waals surface area contributed by atoms with Gasteiger partial charge in [-0.3, -0.25) is 5.41 Å². The van der Waals surface area contributed by atoms with Crippen molar-refractivity contribution in [2.75, 3.05) is 11.4 Å². The minimum absolute atomic E-state index is 0.152. The van der Waals surface area contributed by atoms with Crippen molar-refractivity contribution in [2.45, 2.75) is 52.0 Å². The van der Waals surface area contributed by atoms with E-state index in [1.165, 1.54) is 32.1 Å². The molecular formula is C17H26BrN3. The molecule has 4 heteroatoms. The second kappa shape index (κ2) is 7.30. The van der Waals surface area contributed by atoms with Crippen molar-refractivity contribution in [3.63, 3.8) is 0 Å². The first-order valence-corrected chi connectivity index (χ1v) is 8.69. The van der Waals surface area contributed by atoms with E-state index in [1.807, 2.05) is 6.07 Å². The monoisotopic (exact) mass is 351 g/mol. The fraction of sp³-hybridized carbons (Fsp3) is 0.588. The molecule has 116 valence electrons. The summed E-state index contributed by atoms with van der Waals surface area (Å²) < 4.78 is 0.978. The predicted molar refractivity (Wildman–Crippen MR) is 94.2 cm³/mol. The Hall–Kier alpha value is -1.03. The van der Waals surface area contributed by atoms with Gasteiger partial charge in [-0.15, -0.1) is 0 Å². The van der Waals surface area contributed by atoms with Gasteiger partial charge in [0.2, 0.25) is 0 Å². The minimum Gasteiger partial charge on any atom is -0.384 e. The average Bonchev–Trinajstić information content (AvgIpc) is 2.93. The number of benzene rings is 1. The Balaban J connectivity index is 2.32. The Morgan fingerprint density at radius 1 is 1.38 bits per heavy atom. The van der Waals surface area contributed by atoms with Crippen LogP contribution in [0.3, 0.4) is 0 Å². The van der Waals surface area contributed by atoms with Crippen LogP contribution in [0.4, 0.5) is 5.69 Å². The summed E-state index contributed by atoms with van der Waals surface area (Å²) in [5.74, 6) is 0.837. The van der Waals surface area contributed by atoms with Crippen LogP contribution in [0.25, 0.3) is 0 Å². The number of nitrogen functional groups attached to an aromatic ring is 1. The summed E-state index contributed by atoms with van der Waals surface area (Å²) in [6.45, 7) is 5.57. The molecule has 3 N–H and O–H groups in total. The maximum atomic E-state index is 7.88. The summed E-state index contributed by atoms with van der Waals surface area (Å²) in [5, 5.41) is 7.88. The number of hydrogen-bond donors (Lipinski definition) is 2. The molecule has 0 atom stereocenters. The smallest absolute Gasteiger partial charge is 0.124 e. The number of nitrogens with two attached hydrogens (primary N) is 1. The number of rotatable bonds is 6. The fourth-order valence-electron chi connectivity index (χ4n) is 3.09. The van der Waals surface area contributed by atoms with E-state index in [9.17, 15) is 0 Å². The van der Waals surface area contributed by atoms with E-state index >= 15 is 0 Å². The van der Waals surface area contributed by atoms with Gasteiger partial charge in [-0.05, 0) is 43.4 Å². The van der Waals surface area contributed by atoms with E-state index in [1.54, 1.807) is 0 Å². The van der Waals surface area contributed by atoms with Crippen LogP contribution in [0, 0.1) is 11.3 Å². The molecule has 0 unspecified atom stereocenters. The molecule has 0 saturated heterocycles. The quantitative estimate of drug-likeness (QED) is 0.584. The van der Waals surface area contributed by atoms with Crippen molar-refractivity contribution in [2.24, 2.45) is 11.7 Å². The molecule has 2 rings (SSSR count). The van der Waals surface area contributed by atoms with Crippen molar-refractivity contribution in [1.82, 2.24) is 0 Å². The van der Waals surface area contributed by atoms with E-state index in [4.69, 9.17) is 11.1 Å². The van der Waals surface area contributed by atoms with Gasteiger partial charge < -0.3 is 10.6 Å². The van der Waals surface area contributed by atoms with E-state index in [2.05, 4.69) is 46.8 Å². The first-order valence-electron chi connectivity index (χ1n) is 7.89. The number of halogens is 1. The van der Waals surface area contributed by atoms with E-state index in [0.717, 1.165) is 22.3 Å². The molecular weight excluding hydrogens is 326 g/mol. The molecule has 0 aliphatic heterocycles. The van der Waals surface area contributed by atoms with Crippen LogP contribution in [0.5, 0.6) is 0 Å². The minimum atomic E-state index is 0.152. The largest absolute Gasteiger partial charge is 0.384 e. The third kappa shape index (κ3) is 4.22. The molecule has 21 heavy (non-hydrogen) atoms. The predicted octanol–water partition coefficient (Wildman–Crippen LogP) is 4.53. The maximum Gasteiger partial charge on any atom is 0.124 e. The zero-order chi connectivity index (χ0) is 15.4. The topological polar surface area (TPSA) is 53.1 Å². The summed E-state index contributed by atoms with van der Waals surface area (Å²) in [6, 6.07) is 6.73. The fourth-order valence-corrected chi connectivity index (χ4v) is 3.45. The molecule has 1 aliphatic rings. The highest BCUT2D eigenvalue weighted by Gasteiger charge is 2.25. The van der Waals surface area contributed by atoms with Gasteiger partial charge in [0.15, 0.2) is 0 Å². The summed E-state index contributed by atoms with van der Waals surface area (Å²) in [7, 11) is 0. The van der Waals surface area contributed by atoms with E-state index in [0.29, 0.717) is 12.0 Å². The molecule has 0 aromatic heterocycles. The second-order valence-corrected chi connectivity index (χ2v) is 7.31. The average molecular weight is 352 g/mol. The van der Waals surface area contributed by atoms with Gasteiger partial charge in [0, 0.05) is 28.3 Å². The van der Waals surface area contributed by atoms with Gasteiger partial charge in [0.1, 0.15) is 5.84 Å². The maximum absolute atomic E-state index is 7.88. The third-order valence-corrected chi connectivity index (χ3v) is 4.76. The number of nitrogens with one attached hydrogen (secondary N) is 1. The van der Waals surface area contributed by atoms with Crippen LogP contribution in [-0.4, -0.2) is 18.4 Å². The van der Waals surface area contributed by atoms with Crippen LogP contribution in [0.15, 0.2) is 22.7 Å². The van der Waals surface area contributed by atoms with Crippen LogP contribution in [0.2, 0.25) is 0 Å². The van der Waals surface area contributed by atoms with Crippen molar-refractivity contribution >= 4 is 27.5 Å². The number of hydrogen-bond acceptors (Lipinski definition) is 2. The molecule has 0 amide bonds. The molecule has 1 fully saturated rings. The number of anilines is 1. The summed E-state index contributed by atoms with van der Waals surface area (Å²) in [6.07, 6.45) is 6.31. The molecule has 1 aromatic carbocycles. The Labute approximate surface area is 136 Å². The lowest BCUT2D eigenvalue weighted by molar-refractivity contribution is 0.528. The van der Waals surface area contributed by atoms with Crippen LogP contribution in [-0.2, 0) is 0 Å². The Morgan fingerprint density at radius 3 is 2.62 bits per heavy atom. The number of nitrogens with zero attached hydrogens (tertiary/aromatic N) is 1. The first kappa shape index (κ1) is 16.3. The van der Waals surface area contributed by atoms with Gasteiger partial charge >= 0.3 is 0 Å². The van der Waals surface area contributed by atoms with Crippen molar-refractivity contribution in [3.8, 4) is 0 Å². The molecule has 1 aliphatic carbocycles. The highest BCUT2D eigenvalue weighted by atomic mass is 79.9.